The number of ether oxygens (including phenoxy) is 1. The number of nitrogens with zero attached hydrogens (tertiary/aromatic N) is 4. The van der Waals surface area contributed by atoms with Crippen LogP contribution < -0.4 is 9.46 Å². The Hall–Kier alpha value is -2.43. The number of benzene rings is 2. The fraction of sp³-hybridized carbons (Fsp3) is 0.105. The molecule has 0 bridgehead atoms. The lowest BCUT2D eigenvalue weighted by molar-refractivity contribution is 0.306. The molecule has 12 heteroatoms. The van der Waals surface area contributed by atoms with Crippen LogP contribution >= 0.6 is 34.8 Å². The van der Waals surface area contributed by atoms with Gasteiger partial charge in [-0.25, -0.2) is 13.1 Å². The number of sulfonamides is 1. The van der Waals surface area contributed by atoms with Crippen molar-refractivity contribution in [3.63, 3.8) is 0 Å². The molecule has 4 rings (SSSR count). The molecule has 0 aliphatic heterocycles. The Labute approximate surface area is 192 Å². The predicted octanol–water partition coefficient (Wildman–Crippen LogP) is 4.11. The standard InChI is InChI=1S/C19H14Cl3N5O3S/c20-13-10-15(22)16(11-14(13)21)31(28,29)23-8-9-30-18-7-6-17-24-25-19(27(17)26-18)12-4-2-1-3-5-12/h1-7,10-11,23H,8-9H2. The SMILES string of the molecule is O=S(=O)(NCCOc1ccc2nnc(-c3ccccc3)n2n1)c1cc(Cl)c(Cl)cc1Cl. The van der Waals surface area contributed by atoms with Crippen LogP contribution in [-0.2, 0) is 10.0 Å². The third-order valence-electron chi connectivity index (χ3n) is 4.18. The summed E-state index contributed by atoms with van der Waals surface area (Å²) in [6, 6.07) is 15.3. The summed E-state index contributed by atoms with van der Waals surface area (Å²) in [5.41, 5.74) is 1.41. The normalized spacial score (nSPS) is 11.7. The molecule has 8 nitrogen and oxygen atoms in total. The summed E-state index contributed by atoms with van der Waals surface area (Å²) in [5.74, 6) is 0.854. The van der Waals surface area contributed by atoms with Gasteiger partial charge in [-0.15, -0.1) is 15.3 Å². The van der Waals surface area contributed by atoms with E-state index < -0.39 is 10.0 Å². The molecule has 0 radical (unpaired) electrons. The molecule has 0 spiro atoms. The highest BCUT2D eigenvalue weighted by molar-refractivity contribution is 7.89. The van der Waals surface area contributed by atoms with Gasteiger partial charge in [0.1, 0.15) is 11.5 Å². The van der Waals surface area contributed by atoms with E-state index in [0.717, 1.165) is 5.56 Å². The molecule has 2 aromatic carbocycles. The van der Waals surface area contributed by atoms with Crippen LogP contribution in [0, 0.1) is 0 Å². The van der Waals surface area contributed by atoms with E-state index >= 15 is 0 Å². The van der Waals surface area contributed by atoms with E-state index in [2.05, 4.69) is 20.0 Å². The number of aromatic nitrogens is 4. The van der Waals surface area contributed by atoms with Crippen LogP contribution in [0.15, 0.2) is 59.5 Å². The van der Waals surface area contributed by atoms with Gasteiger partial charge in [-0.2, -0.15) is 4.52 Å². The maximum absolute atomic E-state index is 12.5. The molecular formula is C19H14Cl3N5O3S. The quantitative estimate of drug-likeness (QED) is 0.304. The minimum Gasteiger partial charge on any atom is -0.475 e. The topological polar surface area (TPSA) is 98.5 Å². The molecule has 4 aromatic rings. The maximum atomic E-state index is 12.5. The number of halogens is 3. The van der Waals surface area contributed by atoms with Crippen molar-refractivity contribution in [3.8, 4) is 17.3 Å². The van der Waals surface area contributed by atoms with Gasteiger partial charge in [0, 0.05) is 18.2 Å². The van der Waals surface area contributed by atoms with Crippen molar-refractivity contribution in [2.45, 2.75) is 4.90 Å². The van der Waals surface area contributed by atoms with Crippen molar-refractivity contribution >= 4 is 50.5 Å². The van der Waals surface area contributed by atoms with E-state index in [1.165, 1.54) is 12.1 Å². The zero-order valence-corrected chi connectivity index (χ0v) is 18.8. The van der Waals surface area contributed by atoms with Crippen LogP contribution in [0.2, 0.25) is 15.1 Å². The molecule has 1 N–H and O–H groups in total. The third-order valence-corrected chi connectivity index (χ3v) is 6.83. The first-order valence-electron chi connectivity index (χ1n) is 8.90. The van der Waals surface area contributed by atoms with Crippen LogP contribution in [0.4, 0.5) is 0 Å². The molecule has 0 fully saturated rings. The van der Waals surface area contributed by atoms with Crippen molar-refractivity contribution in [2.24, 2.45) is 0 Å². The van der Waals surface area contributed by atoms with E-state index in [0.29, 0.717) is 11.5 Å². The summed E-state index contributed by atoms with van der Waals surface area (Å²) in [6.07, 6.45) is 0. The van der Waals surface area contributed by atoms with Gasteiger partial charge in [0.15, 0.2) is 11.5 Å². The number of rotatable bonds is 7. The number of nitrogens with one attached hydrogen (secondary N) is 1. The van der Waals surface area contributed by atoms with Gasteiger partial charge in [-0.1, -0.05) is 65.1 Å². The number of hydrogen-bond acceptors (Lipinski definition) is 6. The van der Waals surface area contributed by atoms with E-state index in [-0.39, 0.29) is 39.0 Å². The first kappa shape index (κ1) is 21.8. The Morgan fingerprint density at radius 2 is 1.68 bits per heavy atom. The molecule has 0 saturated heterocycles. The molecule has 0 amide bonds. The Morgan fingerprint density at radius 1 is 0.935 bits per heavy atom. The fourth-order valence-corrected chi connectivity index (χ4v) is 4.75. The minimum atomic E-state index is -3.90. The van der Waals surface area contributed by atoms with Crippen molar-refractivity contribution in [1.82, 2.24) is 24.5 Å². The highest BCUT2D eigenvalue weighted by Crippen LogP contribution is 2.31. The van der Waals surface area contributed by atoms with Gasteiger partial charge in [0.25, 0.3) is 0 Å². The first-order valence-corrected chi connectivity index (χ1v) is 11.5. The van der Waals surface area contributed by atoms with Crippen molar-refractivity contribution in [2.75, 3.05) is 13.2 Å². The van der Waals surface area contributed by atoms with E-state index in [1.807, 2.05) is 30.3 Å². The summed E-state index contributed by atoms with van der Waals surface area (Å²) < 4.78 is 34.5. The smallest absolute Gasteiger partial charge is 0.242 e. The van der Waals surface area contributed by atoms with E-state index in [4.69, 9.17) is 39.5 Å². The zero-order valence-electron chi connectivity index (χ0n) is 15.7. The summed E-state index contributed by atoms with van der Waals surface area (Å²) in [7, 11) is -3.90. The van der Waals surface area contributed by atoms with Crippen LogP contribution in [0.1, 0.15) is 0 Å². The molecule has 160 valence electrons. The Kier molecular flexibility index (Phi) is 6.31. The van der Waals surface area contributed by atoms with Crippen LogP contribution in [0.5, 0.6) is 5.88 Å². The lowest BCUT2D eigenvalue weighted by Gasteiger charge is -2.10. The molecule has 2 aromatic heterocycles. The summed E-state index contributed by atoms with van der Waals surface area (Å²) in [5, 5.41) is 12.9. The van der Waals surface area contributed by atoms with Gasteiger partial charge in [0.2, 0.25) is 15.9 Å². The van der Waals surface area contributed by atoms with Crippen LogP contribution in [0.25, 0.3) is 17.0 Å². The lowest BCUT2D eigenvalue weighted by atomic mass is 10.2. The largest absolute Gasteiger partial charge is 0.475 e. The summed E-state index contributed by atoms with van der Waals surface area (Å²) >= 11 is 17.7. The second-order valence-corrected chi connectivity index (χ2v) is 9.23. The van der Waals surface area contributed by atoms with Crippen LogP contribution in [-0.4, -0.2) is 41.4 Å². The Balaban J connectivity index is 1.44. The Bertz CT molecular complexity index is 1350. The molecule has 0 aliphatic rings. The summed E-state index contributed by atoms with van der Waals surface area (Å²) in [6.45, 7) is 0.00577. The van der Waals surface area contributed by atoms with Crippen molar-refractivity contribution in [3.05, 3.63) is 69.7 Å². The average molecular weight is 499 g/mol. The monoisotopic (exact) mass is 497 g/mol. The summed E-state index contributed by atoms with van der Waals surface area (Å²) in [4.78, 5) is -0.167. The van der Waals surface area contributed by atoms with Crippen molar-refractivity contribution < 1.29 is 13.2 Å². The molecule has 0 atom stereocenters. The zero-order chi connectivity index (χ0) is 22.0. The number of hydrogen-bond donors (Lipinski definition) is 1. The van der Waals surface area contributed by atoms with Gasteiger partial charge >= 0.3 is 0 Å². The second kappa shape index (κ2) is 8.97. The molecule has 0 unspecified atom stereocenters. The van der Waals surface area contributed by atoms with Crippen LogP contribution in [0.3, 0.4) is 0 Å². The highest BCUT2D eigenvalue weighted by atomic mass is 35.5. The molecule has 2 heterocycles. The van der Waals surface area contributed by atoms with E-state index in [9.17, 15) is 8.42 Å². The first-order chi connectivity index (χ1) is 14.8. The van der Waals surface area contributed by atoms with Gasteiger partial charge in [-0.3, -0.25) is 0 Å². The second-order valence-electron chi connectivity index (χ2n) is 6.27. The molecular weight excluding hydrogens is 485 g/mol. The molecule has 0 aliphatic carbocycles. The van der Waals surface area contributed by atoms with Gasteiger partial charge in [-0.05, 0) is 18.2 Å². The van der Waals surface area contributed by atoms with Gasteiger partial charge < -0.3 is 4.74 Å². The minimum absolute atomic E-state index is 0.0215. The maximum Gasteiger partial charge on any atom is 0.242 e. The highest BCUT2D eigenvalue weighted by Gasteiger charge is 2.19. The van der Waals surface area contributed by atoms with Gasteiger partial charge in [0.05, 0.1) is 15.1 Å². The average Bonchev–Trinajstić information content (AvgIpc) is 3.17. The lowest BCUT2D eigenvalue weighted by Crippen LogP contribution is -2.28. The number of fused-ring (bicyclic) bond motifs is 1. The van der Waals surface area contributed by atoms with E-state index in [1.54, 1.807) is 16.6 Å². The molecule has 31 heavy (non-hydrogen) atoms. The van der Waals surface area contributed by atoms with Crippen molar-refractivity contribution in [1.29, 1.82) is 0 Å². The Morgan fingerprint density at radius 3 is 2.45 bits per heavy atom. The third kappa shape index (κ3) is 4.76. The fourth-order valence-electron chi connectivity index (χ4n) is 2.74. The predicted molar refractivity (Wildman–Crippen MR) is 118 cm³/mol. The molecule has 0 saturated carbocycles.